The highest BCUT2D eigenvalue weighted by atomic mass is 16.6. The molecule has 0 aliphatic carbocycles. The van der Waals surface area contributed by atoms with Gasteiger partial charge in [0, 0.05) is 11.3 Å². The summed E-state index contributed by atoms with van der Waals surface area (Å²) in [4.78, 5) is 9.85. The molecule has 0 saturated heterocycles. The SMILES string of the molecule is CCCCCCCCCCCCC[N+](=O)[O-]. The van der Waals surface area contributed by atoms with Crippen molar-refractivity contribution in [2.75, 3.05) is 6.54 Å². The first-order chi connectivity index (χ1) is 7.77. The summed E-state index contributed by atoms with van der Waals surface area (Å²) in [5.74, 6) is 0. The van der Waals surface area contributed by atoms with Crippen LogP contribution in [-0.4, -0.2) is 11.5 Å². The van der Waals surface area contributed by atoms with Gasteiger partial charge in [0.05, 0.1) is 0 Å². The average Bonchev–Trinajstić information content (AvgIpc) is 2.25. The van der Waals surface area contributed by atoms with Gasteiger partial charge in [-0.05, 0) is 6.42 Å². The van der Waals surface area contributed by atoms with E-state index in [9.17, 15) is 10.1 Å². The van der Waals surface area contributed by atoms with Crippen LogP contribution in [0.5, 0.6) is 0 Å². The Kier molecular flexibility index (Phi) is 12.0. The summed E-state index contributed by atoms with van der Waals surface area (Å²) >= 11 is 0. The lowest BCUT2D eigenvalue weighted by molar-refractivity contribution is -0.480. The average molecular weight is 229 g/mol. The maximum atomic E-state index is 10.1. The highest BCUT2D eigenvalue weighted by Crippen LogP contribution is 2.11. The molecule has 0 rings (SSSR count). The molecular weight excluding hydrogens is 202 g/mol. The number of nitrogens with zero attached hydrogens (tertiary/aromatic N) is 1. The maximum absolute atomic E-state index is 10.1. The largest absolute Gasteiger partial charge is 0.265 e. The van der Waals surface area contributed by atoms with E-state index in [1.807, 2.05) is 0 Å². The molecule has 0 heterocycles. The van der Waals surface area contributed by atoms with Crippen LogP contribution < -0.4 is 0 Å². The van der Waals surface area contributed by atoms with Gasteiger partial charge in [0.1, 0.15) is 0 Å². The van der Waals surface area contributed by atoms with E-state index in [4.69, 9.17) is 0 Å². The van der Waals surface area contributed by atoms with E-state index < -0.39 is 0 Å². The van der Waals surface area contributed by atoms with Crippen LogP contribution in [0.15, 0.2) is 0 Å². The van der Waals surface area contributed by atoms with Crippen molar-refractivity contribution in [2.45, 2.75) is 77.6 Å². The predicted octanol–water partition coefficient (Wildman–Crippen LogP) is 4.57. The molecule has 96 valence electrons. The fourth-order valence-electron chi connectivity index (χ4n) is 1.91. The molecule has 0 aromatic rings. The van der Waals surface area contributed by atoms with Gasteiger partial charge in [-0.3, -0.25) is 10.1 Å². The van der Waals surface area contributed by atoms with Crippen molar-refractivity contribution in [2.24, 2.45) is 0 Å². The first-order valence-electron chi connectivity index (χ1n) is 6.89. The van der Waals surface area contributed by atoms with Gasteiger partial charge in [-0.15, -0.1) is 0 Å². The highest BCUT2D eigenvalue weighted by molar-refractivity contribution is 4.47. The Bertz CT molecular complexity index is 160. The van der Waals surface area contributed by atoms with Crippen molar-refractivity contribution in [1.82, 2.24) is 0 Å². The van der Waals surface area contributed by atoms with E-state index in [0.717, 1.165) is 12.8 Å². The molecule has 3 nitrogen and oxygen atoms in total. The van der Waals surface area contributed by atoms with Crippen molar-refractivity contribution >= 4 is 0 Å². The van der Waals surface area contributed by atoms with Gasteiger partial charge in [-0.2, -0.15) is 0 Å². The van der Waals surface area contributed by atoms with Crippen LogP contribution >= 0.6 is 0 Å². The molecule has 0 saturated carbocycles. The molecule has 0 atom stereocenters. The Hall–Kier alpha value is -0.600. The summed E-state index contributed by atoms with van der Waals surface area (Å²) in [5.41, 5.74) is 0. The Labute approximate surface area is 99.8 Å². The number of rotatable bonds is 12. The van der Waals surface area contributed by atoms with Crippen molar-refractivity contribution in [3.05, 3.63) is 10.1 Å². The van der Waals surface area contributed by atoms with Gasteiger partial charge in [0.2, 0.25) is 6.54 Å². The standard InChI is InChI=1S/C13H27NO2/c1-2-3-4-5-6-7-8-9-10-11-12-13-14(15)16/h2-13H2,1H3. The van der Waals surface area contributed by atoms with E-state index >= 15 is 0 Å². The fourth-order valence-corrected chi connectivity index (χ4v) is 1.91. The minimum absolute atomic E-state index is 0.150. The molecule has 0 fully saturated rings. The third-order valence-electron chi connectivity index (χ3n) is 2.94. The van der Waals surface area contributed by atoms with Gasteiger partial charge in [-0.1, -0.05) is 64.7 Å². The van der Waals surface area contributed by atoms with Crippen LogP contribution in [0.1, 0.15) is 77.6 Å². The molecule has 0 spiro atoms. The molecule has 3 heteroatoms. The van der Waals surface area contributed by atoms with Gasteiger partial charge in [0.25, 0.3) is 0 Å². The molecule has 0 amide bonds. The maximum Gasteiger partial charge on any atom is 0.203 e. The van der Waals surface area contributed by atoms with Crippen LogP contribution in [0.2, 0.25) is 0 Å². The van der Waals surface area contributed by atoms with Crippen molar-refractivity contribution in [3.63, 3.8) is 0 Å². The third kappa shape index (κ3) is 13.4. The van der Waals surface area contributed by atoms with Crippen molar-refractivity contribution < 1.29 is 4.92 Å². The molecule has 0 aromatic carbocycles. The Morgan fingerprint density at radius 1 is 0.750 bits per heavy atom. The Morgan fingerprint density at radius 3 is 1.50 bits per heavy atom. The van der Waals surface area contributed by atoms with Crippen LogP contribution in [0.3, 0.4) is 0 Å². The van der Waals surface area contributed by atoms with Gasteiger partial charge < -0.3 is 0 Å². The monoisotopic (exact) mass is 229 g/mol. The second kappa shape index (κ2) is 12.5. The lowest BCUT2D eigenvalue weighted by atomic mass is 10.1. The van der Waals surface area contributed by atoms with E-state index in [2.05, 4.69) is 6.92 Å². The molecular formula is C13H27NO2. The number of nitro groups is 1. The molecule has 0 aliphatic rings. The normalized spacial score (nSPS) is 10.6. The zero-order valence-corrected chi connectivity index (χ0v) is 10.7. The highest BCUT2D eigenvalue weighted by Gasteiger charge is 1.96. The number of hydrogen-bond acceptors (Lipinski definition) is 2. The fraction of sp³-hybridized carbons (Fsp3) is 1.00. The van der Waals surface area contributed by atoms with Crippen molar-refractivity contribution in [3.8, 4) is 0 Å². The zero-order chi connectivity index (χ0) is 12.1. The van der Waals surface area contributed by atoms with Crippen molar-refractivity contribution in [1.29, 1.82) is 0 Å². The quantitative estimate of drug-likeness (QED) is 0.279. The lowest BCUT2D eigenvalue weighted by Crippen LogP contribution is -1.99. The molecule has 0 unspecified atom stereocenters. The summed E-state index contributed by atoms with van der Waals surface area (Å²) in [6.07, 6.45) is 13.7. The number of hydrogen-bond donors (Lipinski definition) is 0. The smallest absolute Gasteiger partial charge is 0.203 e. The van der Waals surface area contributed by atoms with Crippen LogP contribution in [0.25, 0.3) is 0 Å². The van der Waals surface area contributed by atoms with Gasteiger partial charge in [-0.25, -0.2) is 0 Å². The second-order valence-corrected chi connectivity index (χ2v) is 4.59. The Morgan fingerprint density at radius 2 is 1.12 bits per heavy atom. The topological polar surface area (TPSA) is 43.1 Å². The summed E-state index contributed by atoms with van der Waals surface area (Å²) in [7, 11) is 0. The summed E-state index contributed by atoms with van der Waals surface area (Å²) in [6, 6.07) is 0. The summed E-state index contributed by atoms with van der Waals surface area (Å²) < 4.78 is 0. The Balaban J connectivity index is 2.90. The van der Waals surface area contributed by atoms with Crippen LogP contribution in [0.4, 0.5) is 0 Å². The summed E-state index contributed by atoms with van der Waals surface area (Å²) in [5, 5.41) is 10.1. The van der Waals surface area contributed by atoms with E-state index in [1.165, 1.54) is 57.8 Å². The van der Waals surface area contributed by atoms with E-state index in [-0.39, 0.29) is 11.5 Å². The lowest BCUT2D eigenvalue weighted by Gasteiger charge is -2.01. The molecule has 0 N–H and O–H groups in total. The van der Waals surface area contributed by atoms with Gasteiger partial charge >= 0.3 is 0 Å². The molecule has 0 bridgehead atoms. The van der Waals surface area contributed by atoms with E-state index in [0.29, 0.717) is 0 Å². The molecule has 0 radical (unpaired) electrons. The van der Waals surface area contributed by atoms with E-state index in [1.54, 1.807) is 0 Å². The first-order valence-corrected chi connectivity index (χ1v) is 6.89. The minimum atomic E-state index is -0.215. The number of unbranched alkanes of at least 4 members (excludes halogenated alkanes) is 10. The minimum Gasteiger partial charge on any atom is -0.265 e. The second-order valence-electron chi connectivity index (χ2n) is 4.59. The summed E-state index contributed by atoms with van der Waals surface area (Å²) in [6.45, 7) is 2.39. The third-order valence-corrected chi connectivity index (χ3v) is 2.94. The molecule has 0 aliphatic heterocycles. The first kappa shape index (κ1) is 15.4. The predicted molar refractivity (Wildman–Crippen MR) is 68.3 cm³/mol. The molecule has 16 heavy (non-hydrogen) atoms. The van der Waals surface area contributed by atoms with Gasteiger partial charge in [0.15, 0.2) is 0 Å². The van der Waals surface area contributed by atoms with Crippen LogP contribution in [-0.2, 0) is 0 Å². The molecule has 0 aromatic heterocycles. The van der Waals surface area contributed by atoms with Crippen LogP contribution in [0, 0.1) is 10.1 Å². The zero-order valence-electron chi connectivity index (χ0n) is 10.7.